The quantitative estimate of drug-likeness (QED) is 0.736. The van der Waals surface area contributed by atoms with Crippen LogP contribution in [0.3, 0.4) is 0 Å². The second-order valence-corrected chi connectivity index (χ2v) is 6.63. The van der Waals surface area contributed by atoms with Crippen LogP contribution in [-0.2, 0) is 4.79 Å². The van der Waals surface area contributed by atoms with Crippen LogP contribution in [0.2, 0.25) is 10.0 Å². The van der Waals surface area contributed by atoms with Gasteiger partial charge in [-0.2, -0.15) is 5.10 Å². The lowest BCUT2D eigenvalue weighted by atomic mass is 9.99. The number of benzene rings is 1. The van der Waals surface area contributed by atoms with Gasteiger partial charge in [-0.15, -0.1) is 0 Å². The maximum Gasteiger partial charge on any atom is 0.231 e. The van der Waals surface area contributed by atoms with E-state index >= 15 is 0 Å². The van der Waals surface area contributed by atoms with Gasteiger partial charge in [0.05, 0.1) is 16.6 Å². The molecule has 3 aromatic rings. The average molecular weight is 390 g/mol. The topological polar surface area (TPSA) is 88.8 Å². The number of anilines is 2. The van der Waals surface area contributed by atoms with Crippen LogP contribution in [-0.4, -0.2) is 43.7 Å². The summed E-state index contributed by atoms with van der Waals surface area (Å²) in [6.07, 6.45) is 4.46. The molecule has 4 rings (SSSR count). The third kappa shape index (κ3) is 3.33. The molecule has 1 amide bonds. The monoisotopic (exact) mass is 389 g/mol. The third-order valence-corrected chi connectivity index (χ3v) is 4.62. The Bertz CT molecular complexity index is 942. The molecule has 0 aliphatic carbocycles. The molecule has 2 aromatic heterocycles. The van der Waals surface area contributed by atoms with Crippen molar-refractivity contribution in [3.8, 4) is 5.82 Å². The first kappa shape index (κ1) is 16.7. The van der Waals surface area contributed by atoms with Crippen molar-refractivity contribution in [3.05, 3.63) is 53.3 Å². The summed E-state index contributed by atoms with van der Waals surface area (Å²) >= 11 is 12.0. The van der Waals surface area contributed by atoms with Crippen molar-refractivity contribution in [1.82, 2.24) is 24.7 Å². The Hall–Kier alpha value is -2.71. The van der Waals surface area contributed by atoms with E-state index in [0.717, 1.165) is 5.82 Å². The van der Waals surface area contributed by atoms with E-state index in [1.165, 1.54) is 12.7 Å². The first-order valence-corrected chi connectivity index (χ1v) is 8.53. The van der Waals surface area contributed by atoms with E-state index in [4.69, 9.17) is 23.2 Å². The molecule has 3 heterocycles. The molecule has 8 nitrogen and oxygen atoms in total. The predicted octanol–water partition coefficient (Wildman–Crippen LogP) is 2.44. The third-order valence-electron chi connectivity index (χ3n) is 4.05. The molecule has 1 saturated heterocycles. The summed E-state index contributed by atoms with van der Waals surface area (Å²) in [5.74, 6) is 1.09. The number of aromatic nitrogens is 5. The Balaban J connectivity index is 1.40. The number of rotatable bonds is 4. The molecule has 0 atom stereocenters. The van der Waals surface area contributed by atoms with Gasteiger partial charge in [0.25, 0.3) is 0 Å². The van der Waals surface area contributed by atoms with E-state index in [-0.39, 0.29) is 11.8 Å². The molecule has 10 heteroatoms. The summed E-state index contributed by atoms with van der Waals surface area (Å²) in [7, 11) is 0. The molecule has 0 radical (unpaired) electrons. The molecular weight excluding hydrogens is 377 g/mol. The van der Waals surface area contributed by atoms with Gasteiger partial charge in [0.2, 0.25) is 5.91 Å². The molecular formula is C16H13Cl2N7O. The molecule has 132 valence electrons. The number of amides is 1. The maximum absolute atomic E-state index is 12.4. The lowest BCUT2D eigenvalue weighted by molar-refractivity contribution is -0.120. The van der Waals surface area contributed by atoms with Gasteiger partial charge in [0, 0.05) is 24.2 Å². The Morgan fingerprint density at radius 1 is 1.12 bits per heavy atom. The highest BCUT2D eigenvalue weighted by molar-refractivity contribution is 6.35. The Morgan fingerprint density at radius 2 is 1.92 bits per heavy atom. The highest BCUT2D eigenvalue weighted by Gasteiger charge is 2.34. The second kappa shape index (κ2) is 6.89. The predicted molar refractivity (Wildman–Crippen MR) is 97.7 cm³/mol. The summed E-state index contributed by atoms with van der Waals surface area (Å²) in [6, 6.07) is 6.76. The fourth-order valence-corrected chi connectivity index (χ4v) is 2.96. The van der Waals surface area contributed by atoms with Crippen LogP contribution < -0.4 is 10.2 Å². The van der Waals surface area contributed by atoms with Crippen molar-refractivity contribution < 1.29 is 4.79 Å². The molecule has 0 spiro atoms. The molecule has 26 heavy (non-hydrogen) atoms. The molecule has 1 aliphatic rings. The zero-order chi connectivity index (χ0) is 18.1. The van der Waals surface area contributed by atoms with Gasteiger partial charge in [-0.1, -0.05) is 23.2 Å². The van der Waals surface area contributed by atoms with Crippen molar-refractivity contribution in [2.45, 2.75) is 0 Å². The molecule has 1 aliphatic heterocycles. The standard InChI is InChI=1S/C16H13Cl2N7O/c17-11-1-2-12(18)13(3-11)23-16(26)10-5-24(6-10)14-4-15(21-8-20-14)25-9-19-7-22-25/h1-4,7-10H,5-6H2,(H,23,26). The van der Waals surface area contributed by atoms with E-state index in [1.807, 2.05) is 4.90 Å². The summed E-state index contributed by atoms with van der Waals surface area (Å²) in [6.45, 7) is 1.11. The first-order valence-electron chi connectivity index (χ1n) is 7.78. The number of hydrogen-bond acceptors (Lipinski definition) is 6. The number of hydrogen-bond donors (Lipinski definition) is 1. The van der Waals surface area contributed by atoms with Crippen LogP contribution in [0.1, 0.15) is 0 Å². The first-order chi connectivity index (χ1) is 12.6. The van der Waals surface area contributed by atoms with Gasteiger partial charge in [0.15, 0.2) is 5.82 Å². The number of nitrogens with one attached hydrogen (secondary N) is 1. The van der Waals surface area contributed by atoms with Gasteiger partial charge in [-0.05, 0) is 18.2 Å². The average Bonchev–Trinajstić information content (AvgIpc) is 3.12. The van der Waals surface area contributed by atoms with Crippen molar-refractivity contribution >= 4 is 40.6 Å². The minimum atomic E-state index is -0.158. The second-order valence-electron chi connectivity index (χ2n) is 5.79. The number of carbonyl (C=O) groups excluding carboxylic acids is 1. The van der Waals surface area contributed by atoms with Crippen LogP contribution in [0.4, 0.5) is 11.5 Å². The highest BCUT2D eigenvalue weighted by atomic mass is 35.5. The van der Waals surface area contributed by atoms with E-state index < -0.39 is 0 Å². The SMILES string of the molecule is O=C(Nc1cc(Cl)ccc1Cl)C1CN(c2cc(-n3cncn3)ncn2)C1. The van der Waals surface area contributed by atoms with Gasteiger partial charge < -0.3 is 10.2 Å². The van der Waals surface area contributed by atoms with Gasteiger partial charge in [-0.25, -0.2) is 19.6 Å². The molecule has 1 N–H and O–H groups in total. The van der Waals surface area contributed by atoms with Gasteiger partial charge >= 0.3 is 0 Å². The number of halogens is 2. The zero-order valence-corrected chi connectivity index (χ0v) is 14.9. The molecule has 1 aromatic carbocycles. The van der Waals surface area contributed by atoms with Crippen LogP contribution in [0.15, 0.2) is 43.2 Å². The van der Waals surface area contributed by atoms with Crippen molar-refractivity contribution in [2.75, 3.05) is 23.3 Å². The van der Waals surface area contributed by atoms with Crippen molar-refractivity contribution in [1.29, 1.82) is 0 Å². The van der Waals surface area contributed by atoms with Crippen molar-refractivity contribution in [3.63, 3.8) is 0 Å². The summed E-state index contributed by atoms with van der Waals surface area (Å²) in [5, 5.41) is 7.83. The normalized spacial score (nSPS) is 14.2. The Labute approximate surface area is 158 Å². The minimum Gasteiger partial charge on any atom is -0.355 e. The summed E-state index contributed by atoms with van der Waals surface area (Å²) < 4.78 is 1.55. The van der Waals surface area contributed by atoms with E-state index in [1.54, 1.807) is 35.3 Å². The summed E-state index contributed by atoms with van der Waals surface area (Å²) in [5.41, 5.74) is 0.512. The lowest BCUT2D eigenvalue weighted by Gasteiger charge is -2.39. The highest BCUT2D eigenvalue weighted by Crippen LogP contribution is 2.28. The Kier molecular flexibility index (Phi) is 4.44. The van der Waals surface area contributed by atoms with Gasteiger partial charge in [0.1, 0.15) is 24.8 Å². The lowest BCUT2D eigenvalue weighted by Crippen LogP contribution is -2.52. The van der Waals surface area contributed by atoms with Crippen LogP contribution in [0, 0.1) is 5.92 Å². The van der Waals surface area contributed by atoms with E-state index in [9.17, 15) is 4.79 Å². The number of nitrogens with zero attached hydrogens (tertiary/aromatic N) is 6. The molecule has 1 fully saturated rings. The Morgan fingerprint density at radius 3 is 2.69 bits per heavy atom. The van der Waals surface area contributed by atoms with Crippen LogP contribution in [0.5, 0.6) is 0 Å². The molecule has 0 bridgehead atoms. The fourth-order valence-electron chi connectivity index (χ4n) is 2.62. The van der Waals surface area contributed by atoms with Crippen molar-refractivity contribution in [2.24, 2.45) is 5.92 Å². The fraction of sp³-hybridized carbons (Fsp3) is 0.188. The molecule has 0 saturated carbocycles. The van der Waals surface area contributed by atoms with E-state index in [2.05, 4.69) is 25.4 Å². The molecule has 0 unspecified atom stereocenters. The summed E-state index contributed by atoms with van der Waals surface area (Å²) in [4.78, 5) is 26.7. The number of carbonyl (C=O) groups is 1. The minimum absolute atomic E-state index is 0.101. The van der Waals surface area contributed by atoms with Crippen LogP contribution >= 0.6 is 23.2 Å². The van der Waals surface area contributed by atoms with Crippen LogP contribution in [0.25, 0.3) is 5.82 Å². The largest absolute Gasteiger partial charge is 0.355 e. The maximum atomic E-state index is 12.4. The smallest absolute Gasteiger partial charge is 0.231 e. The zero-order valence-electron chi connectivity index (χ0n) is 13.4. The van der Waals surface area contributed by atoms with Gasteiger partial charge in [-0.3, -0.25) is 4.79 Å². The van der Waals surface area contributed by atoms with E-state index in [0.29, 0.717) is 34.6 Å².